The lowest BCUT2D eigenvalue weighted by Gasteiger charge is -2.29. The minimum absolute atomic E-state index is 0.0401. The summed E-state index contributed by atoms with van der Waals surface area (Å²) in [5.74, 6) is 1.94. The Balaban J connectivity index is 1.80. The monoisotopic (exact) mass is 326 g/mol. The molecule has 0 radical (unpaired) electrons. The van der Waals surface area contributed by atoms with E-state index in [-0.39, 0.29) is 5.82 Å². The zero-order valence-electron chi connectivity index (χ0n) is 14.6. The highest BCUT2D eigenvalue weighted by atomic mass is 19.1. The van der Waals surface area contributed by atoms with Gasteiger partial charge in [0.2, 0.25) is 0 Å². The number of hydrogen-bond acceptors (Lipinski definition) is 1. The lowest BCUT2D eigenvalue weighted by Crippen LogP contribution is -2.14. The zero-order chi connectivity index (χ0) is 16.9. The molecule has 0 saturated heterocycles. The van der Waals surface area contributed by atoms with Gasteiger partial charge >= 0.3 is 0 Å². The molecule has 2 heteroatoms. The van der Waals surface area contributed by atoms with Crippen molar-refractivity contribution in [2.75, 3.05) is 6.61 Å². The van der Waals surface area contributed by atoms with Crippen molar-refractivity contribution in [3.8, 4) is 5.75 Å². The van der Waals surface area contributed by atoms with Crippen molar-refractivity contribution in [2.24, 2.45) is 5.92 Å². The summed E-state index contributed by atoms with van der Waals surface area (Å²) in [4.78, 5) is 0. The Labute approximate surface area is 144 Å². The van der Waals surface area contributed by atoms with Crippen molar-refractivity contribution in [3.05, 3.63) is 54.4 Å². The Hall–Kier alpha value is -1.83. The summed E-state index contributed by atoms with van der Waals surface area (Å²) in [6.07, 6.45) is 9.01. The average molecular weight is 326 g/mol. The molecule has 0 heterocycles. The predicted octanol–water partition coefficient (Wildman–Crippen LogP) is 6.62. The van der Waals surface area contributed by atoms with Crippen LogP contribution in [0.25, 0.3) is 10.8 Å². The molecule has 0 aromatic heterocycles. The molecule has 24 heavy (non-hydrogen) atoms. The first-order valence-corrected chi connectivity index (χ1v) is 9.18. The van der Waals surface area contributed by atoms with Gasteiger partial charge in [-0.15, -0.1) is 0 Å². The molecule has 128 valence electrons. The zero-order valence-corrected chi connectivity index (χ0v) is 14.6. The summed E-state index contributed by atoms with van der Waals surface area (Å²) in [5.41, 5.74) is 0.900. The molecule has 1 aliphatic carbocycles. The van der Waals surface area contributed by atoms with Crippen LogP contribution in [0.1, 0.15) is 56.9 Å². The van der Waals surface area contributed by atoms with Gasteiger partial charge in [0.15, 0.2) is 0 Å². The van der Waals surface area contributed by atoms with Crippen LogP contribution in [0.3, 0.4) is 0 Å². The van der Waals surface area contributed by atoms with Gasteiger partial charge in [-0.05, 0) is 66.7 Å². The molecule has 0 N–H and O–H groups in total. The maximum Gasteiger partial charge on any atom is 0.134 e. The number of hydrogen-bond donors (Lipinski definition) is 0. The molecule has 3 rings (SSSR count). The van der Waals surface area contributed by atoms with Gasteiger partial charge < -0.3 is 4.74 Å². The Bertz CT molecular complexity index is 698. The second kappa shape index (κ2) is 7.83. The van der Waals surface area contributed by atoms with Crippen LogP contribution >= 0.6 is 0 Å². The van der Waals surface area contributed by atoms with Crippen molar-refractivity contribution in [1.82, 2.24) is 0 Å². The molecule has 0 spiro atoms. The smallest absolute Gasteiger partial charge is 0.134 e. The van der Waals surface area contributed by atoms with E-state index in [0.717, 1.165) is 35.5 Å². The standard InChI is InChI=1S/C22H27FO/c1-3-5-16-6-8-17(9-7-16)20-12-10-18-15-19(24-14-4-2)11-13-21(18)22(20)23/h4,10-13,15-17H,2-3,5-9,14H2,1H3. The number of benzene rings is 2. The highest BCUT2D eigenvalue weighted by Crippen LogP contribution is 2.40. The molecule has 0 aliphatic heterocycles. The van der Waals surface area contributed by atoms with E-state index in [1.54, 1.807) is 6.08 Å². The largest absolute Gasteiger partial charge is 0.490 e. The summed E-state index contributed by atoms with van der Waals surface area (Å²) in [7, 11) is 0. The van der Waals surface area contributed by atoms with Gasteiger partial charge in [-0.2, -0.15) is 0 Å². The van der Waals surface area contributed by atoms with Gasteiger partial charge in [0, 0.05) is 5.39 Å². The van der Waals surface area contributed by atoms with Crippen LogP contribution < -0.4 is 4.74 Å². The number of fused-ring (bicyclic) bond motifs is 1. The third-order valence-corrected chi connectivity index (χ3v) is 5.31. The van der Waals surface area contributed by atoms with Crippen LogP contribution in [0.4, 0.5) is 4.39 Å². The summed E-state index contributed by atoms with van der Waals surface area (Å²) < 4.78 is 20.6. The molecule has 1 nitrogen and oxygen atoms in total. The van der Waals surface area contributed by atoms with Crippen molar-refractivity contribution < 1.29 is 9.13 Å². The van der Waals surface area contributed by atoms with E-state index >= 15 is 4.39 Å². The third-order valence-electron chi connectivity index (χ3n) is 5.31. The molecular weight excluding hydrogens is 299 g/mol. The molecule has 0 atom stereocenters. The van der Waals surface area contributed by atoms with E-state index in [9.17, 15) is 0 Å². The first kappa shape index (κ1) is 17.0. The molecule has 0 bridgehead atoms. The lowest BCUT2D eigenvalue weighted by molar-refractivity contribution is 0.305. The van der Waals surface area contributed by atoms with Crippen LogP contribution in [-0.2, 0) is 0 Å². The van der Waals surface area contributed by atoms with E-state index in [2.05, 4.69) is 13.5 Å². The SMILES string of the molecule is C=CCOc1ccc2c(F)c(C3CCC(CCC)CC3)ccc2c1. The molecule has 0 unspecified atom stereocenters. The Kier molecular flexibility index (Phi) is 5.55. The summed E-state index contributed by atoms with van der Waals surface area (Å²) >= 11 is 0. The van der Waals surface area contributed by atoms with Gasteiger partial charge in [0.25, 0.3) is 0 Å². The van der Waals surface area contributed by atoms with Crippen molar-refractivity contribution in [2.45, 2.75) is 51.4 Å². The molecule has 1 aliphatic rings. The highest BCUT2D eigenvalue weighted by molar-refractivity contribution is 5.85. The van der Waals surface area contributed by atoms with Gasteiger partial charge in [-0.3, -0.25) is 0 Å². The Morgan fingerprint density at radius 3 is 2.67 bits per heavy atom. The van der Waals surface area contributed by atoms with E-state index in [1.807, 2.05) is 30.3 Å². The third kappa shape index (κ3) is 3.63. The first-order chi connectivity index (χ1) is 11.7. The second-order valence-corrected chi connectivity index (χ2v) is 6.96. The molecule has 2 aromatic rings. The Morgan fingerprint density at radius 2 is 1.96 bits per heavy atom. The number of ether oxygens (including phenoxy) is 1. The van der Waals surface area contributed by atoms with E-state index in [0.29, 0.717) is 17.9 Å². The fraction of sp³-hybridized carbons (Fsp3) is 0.455. The predicted molar refractivity (Wildman–Crippen MR) is 99.2 cm³/mol. The highest BCUT2D eigenvalue weighted by Gasteiger charge is 2.24. The Morgan fingerprint density at radius 1 is 1.17 bits per heavy atom. The van der Waals surface area contributed by atoms with Crippen molar-refractivity contribution in [3.63, 3.8) is 0 Å². The van der Waals surface area contributed by atoms with Crippen LogP contribution in [0.2, 0.25) is 0 Å². The van der Waals surface area contributed by atoms with E-state index in [1.165, 1.54) is 25.7 Å². The van der Waals surface area contributed by atoms with E-state index < -0.39 is 0 Å². The fourth-order valence-corrected chi connectivity index (χ4v) is 4.02. The molecule has 1 fully saturated rings. The normalized spacial score (nSPS) is 20.9. The number of halogens is 1. The summed E-state index contributed by atoms with van der Waals surface area (Å²) in [6.45, 7) is 6.36. The fourth-order valence-electron chi connectivity index (χ4n) is 4.02. The van der Waals surface area contributed by atoms with Gasteiger partial charge in [0.05, 0.1) is 0 Å². The van der Waals surface area contributed by atoms with Crippen LogP contribution in [0.15, 0.2) is 43.0 Å². The van der Waals surface area contributed by atoms with Crippen LogP contribution in [0.5, 0.6) is 5.75 Å². The molecular formula is C22H27FO. The minimum Gasteiger partial charge on any atom is -0.490 e. The van der Waals surface area contributed by atoms with Crippen molar-refractivity contribution in [1.29, 1.82) is 0 Å². The maximum atomic E-state index is 15.0. The summed E-state index contributed by atoms with van der Waals surface area (Å²) in [5, 5.41) is 1.60. The minimum atomic E-state index is -0.0401. The van der Waals surface area contributed by atoms with E-state index in [4.69, 9.17) is 4.74 Å². The van der Waals surface area contributed by atoms with Gasteiger partial charge in [-0.1, -0.05) is 44.6 Å². The molecule has 1 saturated carbocycles. The van der Waals surface area contributed by atoms with Crippen LogP contribution in [-0.4, -0.2) is 6.61 Å². The molecule has 0 amide bonds. The maximum absolute atomic E-state index is 15.0. The van der Waals surface area contributed by atoms with Crippen molar-refractivity contribution >= 4 is 10.8 Å². The quantitative estimate of drug-likeness (QED) is 0.542. The lowest BCUT2D eigenvalue weighted by atomic mass is 9.77. The topological polar surface area (TPSA) is 9.23 Å². The van der Waals surface area contributed by atoms with Gasteiger partial charge in [-0.25, -0.2) is 4.39 Å². The summed E-state index contributed by atoms with van der Waals surface area (Å²) in [6, 6.07) is 9.61. The van der Waals surface area contributed by atoms with Crippen LogP contribution in [0, 0.1) is 11.7 Å². The second-order valence-electron chi connectivity index (χ2n) is 6.96. The molecule has 2 aromatic carbocycles. The first-order valence-electron chi connectivity index (χ1n) is 9.18. The average Bonchev–Trinajstić information content (AvgIpc) is 2.61. The van der Waals surface area contributed by atoms with Gasteiger partial charge in [0.1, 0.15) is 18.2 Å². The number of rotatable bonds is 6.